The van der Waals surface area contributed by atoms with Crippen molar-refractivity contribution in [1.29, 1.82) is 0 Å². The Morgan fingerprint density at radius 3 is 2.82 bits per heavy atom. The summed E-state index contributed by atoms with van der Waals surface area (Å²) in [7, 11) is 0. The summed E-state index contributed by atoms with van der Waals surface area (Å²) in [4.78, 5) is 2.38. The molecule has 0 spiro atoms. The highest BCUT2D eigenvalue weighted by molar-refractivity contribution is 4.77. The summed E-state index contributed by atoms with van der Waals surface area (Å²) in [5.74, 6) is -0.474. The van der Waals surface area contributed by atoms with Gasteiger partial charge in [0, 0.05) is 32.7 Å². The molecule has 2 heterocycles. The predicted molar refractivity (Wildman–Crippen MR) is 62.8 cm³/mol. The number of aliphatic hydroxyl groups excluding tert-OH is 1. The summed E-state index contributed by atoms with van der Waals surface area (Å²) < 4.78 is 16.9. The van der Waals surface area contributed by atoms with Crippen LogP contribution in [0.1, 0.15) is 19.8 Å². The lowest BCUT2D eigenvalue weighted by Crippen LogP contribution is -2.40. The number of morpholine rings is 1. The maximum Gasteiger partial charge on any atom is 0.167 e. The number of hydrogen-bond donors (Lipinski definition) is 1. The molecule has 0 aromatic rings. The molecule has 0 aromatic heterocycles. The van der Waals surface area contributed by atoms with E-state index < -0.39 is 5.79 Å². The van der Waals surface area contributed by atoms with Crippen LogP contribution in [0.2, 0.25) is 0 Å². The van der Waals surface area contributed by atoms with Gasteiger partial charge >= 0.3 is 0 Å². The molecule has 5 heteroatoms. The van der Waals surface area contributed by atoms with Crippen LogP contribution in [0.25, 0.3) is 0 Å². The van der Waals surface area contributed by atoms with Crippen molar-refractivity contribution in [3.8, 4) is 0 Å². The van der Waals surface area contributed by atoms with Gasteiger partial charge in [-0.05, 0) is 13.3 Å². The third-order valence-corrected chi connectivity index (χ3v) is 3.43. The second kappa shape index (κ2) is 6.11. The number of rotatable bonds is 5. The fourth-order valence-electron chi connectivity index (χ4n) is 2.29. The van der Waals surface area contributed by atoms with E-state index in [9.17, 15) is 0 Å². The van der Waals surface area contributed by atoms with Crippen LogP contribution >= 0.6 is 0 Å². The van der Waals surface area contributed by atoms with Crippen LogP contribution in [0.15, 0.2) is 0 Å². The van der Waals surface area contributed by atoms with Gasteiger partial charge in [-0.2, -0.15) is 0 Å². The second-order valence-electron chi connectivity index (χ2n) is 4.90. The van der Waals surface area contributed by atoms with E-state index in [4.69, 9.17) is 19.3 Å². The van der Waals surface area contributed by atoms with Crippen molar-refractivity contribution in [1.82, 2.24) is 4.90 Å². The molecular weight excluding hydrogens is 222 g/mol. The van der Waals surface area contributed by atoms with Crippen molar-refractivity contribution in [2.24, 2.45) is 0 Å². The van der Waals surface area contributed by atoms with Crippen molar-refractivity contribution >= 4 is 0 Å². The molecule has 0 bridgehead atoms. The van der Waals surface area contributed by atoms with Crippen LogP contribution in [-0.4, -0.2) is 68.0 Å². The monoisotopic (exact) mass is 245 g/mol. The Morgan fingerprint density at radius 2 is 2.12 bits per heavy atom. The van der Waals surface area contributed by atoms with E-state index >= 15 is 0 Å². The highest BCUT2D eigenvalue weighted by atomic mass is 16.7. The second-order valence-corrected chi connectivity index (χ2v) is 4.90. The van der Waals surface area contributed by atoms with Gasteiger partial charge in [-0.3, -0.25) is 4.90 Å². The highest BCUT2D eigenvalue weighted by Gasteiger charge is 2.36. The highest BCUT2D eigenvalue weighted by Crippen LogP contribution is 2.28. The molecule has 2 rings (SSSR count). The molecule has 2 unspecified atom stereocenters. The first kappa shape index (κ1) is 13.2. The lowest BCUT2D eigenvalue weighted by Gasteiger charge is -2.30. The largest absolute Gasteiger partial charge is 0.396 e. The zero-order valence-electron chi connectivity index (χ0n) is 10.6. The van der Waals surface area contributed by atoms with Gasteiger partial charge in [-0.1, -0.05) is 0 Å². The van der Waals surface area contributed by atoms with E-state index in [0.717, 1.165) is 39.3 Å². The van der Waals surface area contributed by atoms with Gasteiger partial charge in [0.15, 0.2) is 5.79 Å². The molecule has 0 aliphatic carbocycles. The zero-order chi connectivity index (χ0) is 12.1. The zero-order valence-corrected chi connectivity index (χ0v) is 10.6. The molecule has 0 radical (unpaired) electrons. The molecule has 0 aromatic carbocycles. The smallest absolute Gasteiger partial charge is 0.167 e. The third kappa shape index (κ3) is 3.89. The van der Waals surface area contributed by atoms with Crippen LogP contribution in [0, 0.1) is 0 Å². The average molecular weight is 245 g/mol. The number of nitrogens with zero attached hydrogens (tertiary/aromatic N) is 1. The molecule has 2 aliphatic rings. The lowest BCUT2D eigenvalue weighted by atomic mass is 10.2. The Bertz CT molecular complexity index is 233. The summed E-state index contributed by atoms with van der Waals surface area (Å²) in [6.07, 6.45) is 1.58. The molecule has 2 saturated heterocycles. The van der Waals surface area contributed by atoms with Gasteiger partial charge in [0.05, 0.1) is 25.9 Å². The van der Waals surface area contributed by atoms with Gasteiger partial charge in [0.2, 0.25) is 0 Å². The van der Waals surface area contributed by atoms with Crippen LogP contribution in [0.3, 0.4) is 0 Å². The number of ether oxygens (including phenoxy) is 3. The SMILES string of the molecule is CC1(CCN2CCOCC2)OCC(CCO)O1. The van der Waals surface area contributed by atoms with Crippen molar-refractivity contribution < 1.29 is 19.3 Å². The van der Waals surface area contributed by atoms with Gasteiger partial charge < -0.3 is 19.3 Å². The Balaban J connectivity index is 1.70. The third-order valence-electron chi connectivity index (χ3n) is 3.43. The van der Waals surface area contributed by atoms with Gasteiger partial charge in [-0.15, -0.1) is 0 Å². The Hall–Kier alpha value is -0.200. The molecule has 2 aliphatic heterocycles. The van der Waals surface area contributed by atoms with Crippen molar-refractivity contribution in [2.45, 2.75) is 31.7 Å². The minimum absolute atomic E-state index is 0.0506. The van der Waals surface area contributed by atoms with Crippen LogP contribution in [0.4, 0.5) is 0 Å². The van der Waals surface area contributed by atoms with Crippen LogP contribution in [0.5, 0.6) is 0 Å². The maximum atomic E-state index is 8.87. The Kier molecular flexibility index (Phi) is 4.76. The summed E-state index contributed by atoms with van der Waals surface area (Å²) in [5, 5.41) is 8.87. The minimum atomic E-state index is -0.474. The van der Waals surface area contributed by atoms with E-state index in [1.807, 2.05) is 6.92 Å². The first-order valence-corrected chi connectivity index (χ1v) is 6.44. The Morgan fingerprint density at radius 1 is 1.35 bits per heavy atom. The predicted octanol–water partition coefficient (Wildman–Crippen LogP) is 0.223. The van der Waals surface area contributed by atoms with Crippen LogP contribution < -0.4 is 0 Å². The number of aliphatic hydroxyl groups is 1. The molecule has 1 N–H and O–H groups in total. The van der Waals surface area contributed by atoms with Crippen LogP contribution in [-0.2, 0) is 14.2 Å². The molecular formula is C12H23NO4. The molecule has 100 valence electrons. The molecule has 2 atom stereocenters. The van der Waals surface area contributed by atoms with E-state index in [0.29, 0.717) is 13.0 Å². The quantitative estimate of drug-likeness (QED) is 0.751. The van der Waals surface area contributed by atoms with Crippen molar-refractivity contribution in [3.05, 3.63) is 0 Å². The fraction of sp³-hybridized carbons (Fsp3) is 1.00. The van der Waals surface area contributed by atoms with E-state index in [2.05, 4.69) is 4.90 Å². The first-order valence-electron chi connectivity index (χ1n) is 6.44. The van der Waals surface area contributed by atoms with Gasteiger partial charge in [-0.25, -0.2) is 0 Å². The minimum Gasteiger partial charge on any atom is -0.396 e. The summed E-state index contributed by atoms with van der Waals surface area (Å²) in [6.45, 7) is 7.37. The summed E-state index contributed by atoms with van der Waals surface area (Å²) in [6, 6.07) is 0. The van der Waals surface area contributed by atoms with Gasteiger partial charge in [0.25, 0.3) is 0 Å². The van der Waals surface area contributed by atoms with E-state index in [-0.39, 0.29) is 12.7 Å². The molecule has 17 heavy (non-hydrogen) atoms. The fourth-order valence-corrected chi connectivity index (χ4v) is 2.29. The van der Waals surface area contributed by atoms with Gasteiger partial charge in [0.1, 0.15) is 0 Å². The summed E-state index contributed by atoms with van der Waals surface area (Å²) in [5.41, 5.74) is 0. The van der Waals surface area contributed by atoms with Crippen molar-refractivity contribution in [3.63, 3.8) is 0 Å². The van der Waals surface area contributed by atoms with Crippen molar-refractivity contribution in [2.75, 3.05) is 46.1 Å². The molecule has 2 fully saturated rings. The van der Waals surface area contributed by atoms with E-state index in [1.165, 1.54) is 0 Å². The maximum absolute atomic E-state index is 8.87. The molecule has 5 nitrogen and oxygen atoms in total. The Labute approximate surface area is 103 Å². The topological polar surface area (TPSA) is 51.2 Å². The number of hydrogen-bond acceptors (Lipinski definition) is 5. The lowest BCUT2D eigenvalue weighted by molar-refractivity contribution is -0.163. The first-order chi connectivity index (χ1) is 8.22. The average Bonchev–Trinajstić information content (AvgIpc) is 2.71. The molecule has 0 amide bonds. The van der Waals surface area contributed by atoms with E-state index in [1.54, 1.807) is 0 Å². The standard InChI is InChI=1S/C12H23NO4/c1-12(16-10-11(17-12)2-7-14)3-4-13-5-8-15-9-6-13/h11,14H,2-10H2,1H3. The summed E-state index contributed by atoms with van der Waals surface area (Å²) >= 11 is 0. The molecule has 0 saturated carbocycles. The normalized spacial score (nSPS) is 35.3.